The highest BCUT2D eigenvalue weighted by Crippen LogP contribution is 2.31. The molecule has 20 heavy (non-hydrogen) atoms. The lowest BCUT2D eigenvalue weighted by molar-refractivity contribution is -0.142. The number of carbonyl (C=O) groups excluding carboxylic acids is 1. The van der Waals surface area contributed by atoms with E-state index in [1.165, 1.54) is 0 Å². The molecule has 0 aliphatic heterocycles. The van der Waals surface area contributed by atoms with Gasteiger partial charge in [-0.25, -0.2) is 0 Å². The van der Waals surface area contributed by atoms with Crippen LogP contribution in [0.25, 0.3) is 0 Å². The van der Waals surface area contributed by atoms with Crippen molar-refractivity contribution in [1.82, 2.24) is 0 Å². The maximum Gasteiger partial charge on any atom is 0.319 e. The van der Waals surface area contributed by atoms with E-state index in [-0.39, 0.29) is 11.9 Å². The Kier molecular flexibility index (Phi) is 5.24. The summed E-state index contributed by atoms with van der Waals surface area (Å²) in [4.78, 5) is 12.0. The number of hydrogen-bond acceptors (Lipinski definition) is 3. The first-order valence-electron chi connectivity index (χ1n) is 6.68. The first kappa shape index (κ1) is 14.7. The number of hydrogen-bond donors (Lipinski definition) is 1. The minimum absolute atomic E-state index is 0.111. The number of rotatable bonds is 5. The minimum atomic E-state index is -0.514. The number of esters is 1. The van der Waals surface area contributed by atoms with Crippen LogP contribution in [0, 0.1) is 0 Å². The molecule has 2 aromatic rings. The Hall–Kier alpha value is -1.74. The van der Waals surface area contributed by atoms with Crippen LogP contribution >= 0.6 is 12.6 Å². The molecule has 0 fully saturated rings. The van der Waals surface area contributed by atoms with E-state index < -0.39 is 5.25 Å². The molecule has 1 unspecified atom stereocenters. The predicted octanol–water partition coefficient (Wildman–Crippen LogP) is 3.68. The molecule has 1 atom stereocenters. The molecule has 0 spiro atoms. The highest BCUT2D eigenvalue weighted by Gasteiger charge is 2.28. The Labute approximate surface area is 125 Å². The molecule has 0 aliphatic rings. The summed E-state index contributed by atoms with van der Waals surface area (Å²) < 4.78 is 5.11. The van der Waals surface area contributed by atoms with E-state index in [0.29, 0.717) is 6.61 Å². The Morgan fingerprint density at radius 2 is 1.45 bits per heavy atom. The average Bonchev–Trinajstić information content (AvgIpc) is 2.50. The Morgan fingerprint density at radius 3 is 1.85 bits per heavy atom. The molecule has 0 saturated heterocycles. The van der Waals surface area contributed by atoms with Crippen LogP contribution in [-0.2, 0) is 9.53 Å². The molecular formula is C17H18O2S. The van der Waals surface area contributed by atoms with Gasteiger partial charge in [0.2, 0.25) is 0 Å². The largest absolute Gasteiger partial charge is 0.465 e. The van der Waals surface area contributed by atoms with E-state index in [1.54, 1.807) is 6.92 Å². The van der Waals surface area contributed by atoms with Gasteiger partial charge in [-0.05, 0) is 18.1 Å². The number of thiol groups is 1. The van der Waals surface area contributed by atoms with Crippen LogP contribution in [0.2, 0.25) is 0 Å². The summed E-state index contributed by atoms with van der Waals surface area (Å²) in [6, 6.07) is 19.9. The van der Waals surface area contributed by atoms with Crippen molar-refractivity contribution < 1.29 is 9.53 Å². The van der Waals surface area contributed by atoms with E-state index in [2.05, 4.69) is 12.6 Å². The van der Waals surface area contributed by atoms with Crippen molar-refractivity contribution in [2.75, 3.05) is 6.61 Å². The van der Waals surface area contributed by atoms with Crippen LogP contribution in [0.3, 0.4) is 0 Å². The number of benzene rings is 2. The summed E-state index contributed by atoms with van der Waals surface area (Å²) in [6.45, 7) is 2.17. The molecule has 2 nitrogen and oxygen atoms in total. The second-order valence-electron chi connectivity index (χ2n) is 4.50. The van der Waals surface area contributed by atoms with Gasteiger partial charge in [0.25, 0.3) is 0 Å². The molecule has 2 aromatic carbocycles. The predicted molar refractivity (Wildman–Crippen MR) is 84.1 cm³/mol. The fourth-order valence-electron chi connectivity index (χ4n) is 2.24. The zero-order valence-electron chi connectivity index (χ0n) is 11.4. The van der Waals surface area contributed by atoms with Gasteiger partial charge < -0.3 is 4.74 Å². The monoisotopic (exact) mass is 286 g/mol. The Balaban J connectivity index is 2.37. The maximum atomic E-state index is 12.0. The van der Waals surface area contributed by atoms with E-state index >= 15 is 0 Å². The lowest BCUT2D eigenvalue weighted by atomic mass is 9.88. The normalized spacial score (nSPS) is 12.2. The summed E-state index contributed by atoms with van der Waals surface area (Å²) in [5.41, 5.74) is 2.12. The van der Waals surface area contributed by atoms with Crippen molar-refractivity contribution in [3.8, 4) is 0 Å². The van der Waals surface area contributed by atoms with Crippen molar-refractivity contribution in [1.29, 1.82) is 0 Å². The molecule has 104 valence electrons. The SMILES string of the molecule is CCOC(=O)C(S)C(c1ccccc1)c1ccccc1. The second kappa shape index (κ2) is 7.15. The van der Waals surface area contributed by atoms with Gasteiger partial charge in [0.1, 0.15) is 5.25 Å². The topological polar surface area (TPSA) is 26.3 Å². The second-order valence-corrected chi connectivity index (χ2v) is 5.05. The third-order valence-corrected chi connectivity index (χ3v) is 3.67. The van der Waals surface area contributed by atoms with Crippen LogP contribution in [0.15, 0.2) is 60.7 Å². The molecule has 0 aliphatic carbocycles. The molecular weight excluding hydrogens is 268 g/mol. The van der Waals surface area contributed by atoms with Crippen molar-refractivity contribution >= 4 is 18.6 Å². The highest BCUT2D eigenvalue weighted by molar-refractivity contribution is 7.81. The molecule has 3 heteroatoms. The number of ether oxygens (including phenoxy) is 1. The summed E-state index contributed by atoms with van der Waals surface area (Å²) in [5, 5.41) is -0.514. The van der Waals surface area contributed by atoms with Crippen molar-refractivity contribution in [2.24, 2.45) is 0 Å². The summed E-state index contributed by atoms with van der Waals surface area (Å²) in [7, 11) is 0. The summed E-state index contributed by atoms with van der Waals surface area (Å²) in [5.74, 6) is -0.395. The van der Waals surface area contributed by atoms with Gasteiger partial charge >= 0.3 is 5.97 Å². The van der Waals surface area contributed by atoms with Gasteiger partial charge in [0.15, 0.2) is 0 Å². The third-order valence-electron chi connectivity index (χ3n) is 3.16. The summed E-state index contributed by atoms with van der Waals surface area (Å²) in [6.07, 6.45) is 0. The van der Waals surface area contributed by atoms with Gasteiger partial charge in [0, 0.05) is 5.92 Å². The molecule has 0 aromatic heterocycles. The fourth-order valence-corrected chi connectivity index (χ4v) is 2.66. The van der Waals surface area contributed by atoms with Gasteiger partial charge in [0.05, 0.1) is 6.61 Å². The maximum absolute atomic E-state index is 12.0. The standard InChI is InChI=1S/C17H18O2S/c1-2-19-17(18)16(20)15(13-9-5-3-6-10-13)14-11-7-4-8-12-14/h3-12,15-16,20H,2H2,1H3. The van der Waals surface area contributed by atoms with E-state index in [1.807, 2.05) is 60.7 Å². The van der Waals surface area contributed by atoms with E-state index in [4.69, 9.17) is 4.74 Å². The average molecular weight is 286 g/mol. The Morgan fingerprint density at radius 1 is 1.00 bits per heavy atom. The van der Waals surface area contributed by atoms with Crippen LogP contribution in [0.5, 0.6) is 0 Å². The highest BCUT2D eigenvalue weighted by atomic mass is 32.1. The van der Waals surface area contributed by atoms with Crippen molar-refractivity contribution in [3.63, 3.8) is 0 Å². The Bertz CT molecular complexity index is 500. The quantitative estimate of drug-likeness (QED) is 0.670. The van der Waals surface area contributed by atoms with Gasteiger partial charge in [-0.1, -0.05) is 60.7 Å². The first-order chi connectivity index (χ1) is 9.74. The van der Waals surface area contributed by atoms with Crippen molar-refractivity contribution in [3.05, 3.63) is 71.8 Å². The first-order valence-corrected chi connectivity index (χ1v) is 7.20. The number of carbonyl (C=O) groups is 1. The van der Waals surface area contributed by atoms with Crippen LogP contribution in [-0.4, -0.2) is 17.8 Å². The lowest BCUT2D eigenvalue weighted by Gasteiger charge is -2.23. The molecule has 0 heterocycles. The van der Waals surface area contributed by atoms with Crippen LogP contribution in [0.1, 0.15) is 24.0 Å². The zero-order chi connectivity index (χ0) is 14.4. The van der Waals surface area contributed by atoms with Crippen molar-refractivity contribution in [2.45, 2.75) is 18.1 Å². The van der Waals surface area contributed by atoms with Crippen LogP contribution < -0.4 is 0 Å². The lowest BCUT2D eigenvalue weighted by Crippen LogP contribution is -2.26. The van der Waals surface area contributed by atoms with Crippen LogP contribution in [0.4, 0.5) is 0 Å². The molecule has 0 amide bonds. The van der Waals surface area contributed by atoms with Gasteiger partial charge in [-0.2, -0.15) is 12.6 Å². The van der Waals surface area contributed by atoms with Gasteiger partial charge in [-0.3, -0.25) is 4.79 Å². The fraction of sp³-hybridized carbons (Fsp3) is 0.235. The molecule has 0 saturated carbocycles. The van der Waals surface area contributed by atoms with E-state index in [0.717, 1.165) is 11.1 Å². The smallest absolute Gasteiger partial charge is 0.319 e. The third kappa shape index (κ3) is 3.42. The molecule has 0 N–H and O–H groups in total. The molecule has 0 radical (unpaired) electrons. The zero-order valence-corrected chi connectivity index (χ0v) is 12.3. The molecule has 2 rings (SSSR count). The van der Waals surface area contributed by atoms with E-state index in [9.17, 15) is 4.79 Å². The summed E-state index contributed by atoms with van der Waals surface area (Å²) >= 11 is 4.50. The minimum Gasteiger partial charge on any atom is -0.465 e. The molecule has 0 bridgehead atoms. The van der Waals surface area contributed by atoms with Gasteiger partial charge in [-0.15, -0.1) is 0 Å².